The van der Waals surface area contributed by atoms with Crippen molar-refractivity contribution in [2.24, 2.45) is 11.8 Å². The largest absolute Gasteiger partial charge is 0.450 e. The number of hydrogen-bond acceptors (Lipinski definition) is 5. The first kappa shape index (κ1) is 18.3. The number of piperidine rings is 1. The van der Waals surface area contributed by atoms with E-state index in [1.807, 2.05) is 11.8 Å². The minimum Gasteiger partial charge on any atom is -0.450 e. The number of likely N-dealkylation sites (tertiary alicyclic amines) is 1. The molecule has 0 spiro atoms. The van der Waals surface area contributed by atoms with Crippen LogP contribution in [0, 0.1) is 11.8 Å². The van der Waals surface area contributed by atoms with Crippen LogP contribution in [0.2, 0.25) is 0 Å². The van der Waals surface area contributed by atoms with Crippen molar-refractivity contribution in [1.82, 2.24) is 20.4 Å². The summed E-state index contributed by atoms with van der Waals surface area (Å²) in [6.07, 6.45) is 2.12. The number of nitrogens with one attached hydrogen (secondary N) is 2. The van der Waals surface area contributed by atoms with E-state index in [9.17, 15) is 9.59 Å². The lowest BCUT2D eigenvalue weighted by Crippen LogP contribution is -2.54. The Bertz CT molecular complexity index is 456. The fraction of sp³-hybridized carbons (Fsp3) is 0.882. The average Bonchev–Trinajstić information content (AvgIpc) is 2.87. The second kappa shape index (κ2) is 8.71. The molecule has 1 saturated carbocycles. The lowest BCUT2D eigenvalue weighted by molar-refractivity contribution is 0.0532. The maximum Gasteiger partial charge on any atom is 0.409 e. The van der Waals surface area contributed by atoms with Gasteiger partial charge < -0.3 is 29.9 Å². The molecule has 25 heavy (non-hydrogen) atoms. The molecular weight excluding hydrogens is 324 g/mol. The van der Waals surface area contributed by atoms with E-state index in [4.69, 9.17) is 9.47 Å². The van der Waals surface area contributed by atoms with Gasteiger partial charge in [0.05, 0.1) is 19.8 Å². The molecular formula is C17H30N4O4. The van der Waals surface area contributed by atoms with Gasteiger partial charge in [0.25, 0.3) is 0 Å². The molecule has 142 valence electrons. The number of carbonyl (C=O) groups excluding carboxylic acids is 2. The van der Waals surface area contributed by atoms with Gasteiger partial charge in [-0.15, -0.1) is 0 Å². The Hall–Kier alpha value is -1.54. The summed E-state index contributed by atoms with van der Waals surface area (Å²) in [6.45, 7) is 7.75. The van der Waals surface area contributed by atoms with Crippen molar-refractivity contribution in [2.45, 2.75) is 25.8 Å². The molecule has 1 unspecified atom stereocenters. The van der Waals surface area contributed by atoms with Crippen LogP contribution >= 0.6 is 0 Å². The van der Waals surface area contributed by atoms with E-state index in [-0.39, 0.29) is 12.1 Å². The number of amides is 3. The molecule has 0 aromatic carbocycles. The Labute approximate surface area is 149 Å². The van der Waals surface area contributed by atoms with Gasteiger partial charge in [-0.25, -0.2) is 9.59 Å². The van der Waals surface area contributed by atoms with Crippen LogP contribution in [0.4, 0.5) is 9.59 Å². The topological polar surface area (TPSA) is 83.1 Å². The highest BCUT2D eigenvalue weighted by Gasteiger charge is 2.43. The highest BCUT2D eigenvalue weighted by molar-refractivity contribution is 5.74. The normalized spacial score (nSPS) is 28.8. The summed E-state index contributed by atoms with van der Waals surface area (Å²) in [5.41, 5.74) is 0. The quantitative estimate of drug-likeness (QED) is 0.702. The summed E-state index contributed by atoms with van der Waals surface area (Å²) in [5.74, 6) is 0.969. The van der Waals surface area contributed by atoms with Crippen LogP contribution in [0.3, 0.4) is 0 Å². The Balaban J connectivity index is 1.37. The van der Waals surface area contributed by atoms with E-state index in [0.29, 0.717) is 57.3 Å². The number of ether oxygens (including phenoxy) is 2. The molecule has 2 aliphatic heterocycles. The zero-order valence-electron chi connectivity index (χ0n) is 15.0. The third kappa shape index (κ3) is 4.55. The SMILES string of the molecule is CCOC(=O)N1C[C@H]2CC[C@@H](C1)C2NCCNC(=O)N1CCOCC1. The van der Waals surface area contributed by atoms with Gasteiger partial charge in [-0.1, -0.05) is 0 Å². The predicted octanol–water partition coefficient (Wildman–Crippen LogP) is 0.485. The van der Waals surface area contributed by atoms with Crippen molar-refractivity contribution in [1.29, 1.82) is 0 Å². The summed E-state index contributed by atoms with van der Waals surface area (Å²) in [7, 11) is 0. The van der Waals surface area contributed by atoms with Crippen LogP contribution in [0.1, 0.15) is 19.8 Å². The zero-order valence-corrected chi connectivity index (χ0v) is 15.0. The van der Waals surface area contributed by atoms with Crippen LogP contribution < -0.4 is 10.6 Å². The first-order valence-corrected chi connectivity index (χ1v) is 9.44. The summed E-state index contributed by atoms with van der Waals surface area (Å²) < 4.78 is 10.4. The molecule has 0 aromatic heterocycles. The van der Waals surface area contributed by atoms with Crippen LogP contribution in [-0.4, -0.2) is 87.1 Å². The molecule has 3 atom stereocenters. The molecule has 2 saturated heterocycles. The number of nitrogens with zero attached hydrogens (tertiary/aromatic N) is 2. The van der Waals surface area contributed by atoms with Crippen LogP contribution in [-0.2, 0) is 9.47 Å². The number of carbonyl (C=O) groups is 2. The van der Waals surface area contributed by atoms with E-state index in [2.05, 4.69) is 10.6 Å². The fourth-order valence-electron chi connectivity index (χ4n) is 4.21. The third-order valence-electron chi connectivity index (χ3n) is 5.44. The first-order chi connectivity index (χ1) is 12.2. The number of hydrogen-bond donors (Lipinski definition) is 2. The monoisotopic (exact) mass is 354 g/mol. The highest BCUT2D eigenvalue weighted by atomic mass is 16.6. The molecule has 2 bridgehead atoms. The van der Waals surface area contributed by atoms with Gasteiger partial charge in [-0.05, 0) is 31.6 Å². The summed E-state index contributed by atoms with van der Waals surface area (Å²) >= 11 is 0. The smallest absolute Gasteiger partial charge is 0.409 e. The van der Waals surface area contributed by atoms with Crippen LogP contribution in [0.25, 0.3) is 0 Å². The molecule has 3 rings (SSSR count). The molecule has 3 aliphatic rings. The molecule has 0 aromatic rings. The zero-order chi connectivity index (χ0) is 17.6. The molecule has 8 heteroatoms. The molecule has 8 nitrogen and oxygen atoms in total. The molecule has 2 N–H and O–H groups in total. The predicted molar refractivity (Wildman–Crippen MR) is 92.4 cm³/mol. The Kier molecular flexibility index (Phi) is 6.36. The molecule has 2 heterocycles. The third-order valence-corrected chi connectivity index (χ3v) is 5.44. The molecule has 1 aliphatic carbocycles. The second-order valence-corrected chi connectivity index (χ2v) is 7.01. The van der Waals surface area contributed by atoms with Gasteiger partial charge in [0.15, 0.2) is 0 Å². The maximum absolute atomic E-state index is 12.0. The standard InChI is InChI=1S/C17H30N4O4/c1-2-25-17(23)21-11-13-3-4-14(12-21)15(13)18-5-6-19-16(22)20-7-9-24-10-8-20/h13-15,18H,2-12H2,1H3,(H,19,22)/t13-,14+,15?. The van der Waals surface area contributed by atoms with E-state index in [1.54, 1.807) is 4.90 Å². The van der Waals surface area contributed by atoms with Gasteiger partial charge in [0.2, 0.25) is 0 Å². The van der Waals surface area contributed by atoms with Crippen molar-refractivity contribution in [3.63, 3.8) is 0 Å². The average molecular weight is 354 g/mol. The minimum atomic E-state index is -0.185. The molecule has 3 fully saturated rings. The highest BCUT2D eigenvalue weighted by Crippen LogP contribution is 2.37. The van der Waals surface area contributed by atoms with Crippen LogP contribution in [0.15, 0.2) is 0 Å². The first-order valence-electron chi connectivity index (χ1n) is 9.44. The minimum absolute atomic E-state index is 0.00907. The summed E-state index contributed by atoms with van der Waals surface area (Å²) in [5, 5.41) is 6.57. The van der Waals surface area contributed by atoms with E-state index < -0.39 is 0 Å². The van der Waals surface area contributed by atoms with E-state index in [0.717, 1.165) is 32.5 Å². The van der Waals surface area contributed by atoms with Crippen molar-refractivity contribution in [3.05, 3.63) is 0 Å². The Morgan fingerprint density at radius 1 is 1.08 bits per heavy atom. The summed E-state index contributed by atoms with van der Waals surface area (Å²) in [6, 6.07) is 0.427. The second-order valence-electron chi connectivity index (χ2n) is 7.01. The maximum atomic E-state index is 12.0. The molecule has 3 amide bonds. The number of rotatable bonds is 5. The Morgan fingerprint density at radius 2 is 1.76 bits per heavy atom. The number of fused-ring (bicyclic) bond motifs is 2. The van der Waals surface area contributed by atoms with Crippen molar-refractivity contribution in [3.8, 4) is 0 Å². The van der Waals surface area contributed by atoms with Gasteiger partial charge >= 0.3 is 12.1 Å². The van der Waals surface area contributed by atoms with Gasteiger partial charge in [0.1, 0.15) is 0 Å². The fourth-order valence-corrected chi connectivity index (χ4v) is 4.21. The lowest BCUT2D eigenvalue weighted by atomic mass is 9.92. The summed E-state index contributed by atoms with van der Waals surface area (Å²) in [4.78, 5) is 27.6. The molecule has 0 radical (unpaired) electrons. The van der Waals surface area contributed by atoms with Gasteiger partial charge in [0, 0.05) is 45.3 Å². The van der Waals surface area contributed by atoms with Crippen LogP contribution in [0.5, 0.6) is 0 Å². The van der Waals surface area contributed by atoms with Gasteiger partial charge in [-0.2, -0.15) is 0 Å². The van der Waals surface area contributed by atoms with Crippen molar-refractivity contribution < 1.29 is 19.1 Å². The van der Waals surface area contributed by atoms with Gasteiger partial charge in [-0.3, -0.25) is 0 Å². The lowest BCUT2D eigenvalue weighted by Gasteiger charge is -2.38. The van der Waals surface area contributed by atoms with Crippen molar-refractivity contribution in [2.75, 3.05) is 59.1 Å². The number of morpholine rings is 1. The number of urea groups is 1. The Morgan fingerprint density at radius 3 is 2.40 bits per heavy atom. The van der Waals surface area contributed by atoms with E-state index >= 15 is 0 Å². The van der Waals surface area contributed by atoms with E-state index in [1.165, 1.54) is 0 Å². The van der Waals surface area contributed by atoms with Crippen molar-refractivity contribution >= 4 is 12.1 Å².